The summed E-state index contributed by atoms with van der Waals surface area (Å²) in [5, 5.41) is 0. The van der Waals surface area contributed by atoms with Crippen molar-refractivity contribution in [2.75, 3.05) is 0 Å². The van der Waals surface area contributed by atoms with Crippen LogP contribution in [-0.4, -0.2) is 12.2 Å². The number of hydrogen-bond acceptors (Lipinski definition) is 4. The monoisotopic (exact) mass is 252 g/mol. The van der Waals surface area contributed by atoms with E-state index in [0.717, 1.165) is 5.56 Å². The molecular weight excluding hydrogens is 248 g/mol. The molecule has 0 fully saturated rings. The van der Waals surface area contributed by atoms with Crippen molar-refractivity contribution in [3.8, 4) is 0 Å². The molecule has 70 valence electrons. The van der Waals surface area contributed by atoms with Crippen LogP contribution >= 0.6 is 15.9 Å². The summed E-state index contributed by atoms with van der Waals surface area (Å²) in [5.41, 5.74) is 1.69. The van der Waals surface area contributed by atoms with Crippen molar-refractivity contribution in [1.29, 1.82) is 0 Å². The number of benzene rings is 1. The van der Waals surface area contributed by atoms with Crippen LogP contribution in [0, 0.1) is 6.92 Å². The fourth-order valence-corrected chi connectivity index (χ4v) is 1.66. The second-order valence-electron chi connectivity index (χ2n) is 2.50. The van der Waals surface area contributed by atoms with Gasteiger partial charge in [-0.3, -0.25) is 0 Å². The van der Waals surface area contributed by atoms with Crippen LogP contribution in [-0.2, 0) is 9.59 Å². The minimum Gasteiger partial charge on any atom is -0.211 e. The average molecular weight is 253 g/mol. The number of isocyanates is 2. The maximum Gasteiger partial charge on any atom is 0.240 e. The lowest BCUT2D eigenvalue weighted by atomic mass is 10.2. The molecule has 0 spiro atoms. The minimum absolute atomic E-state index is 0.467. The third-order valence-corrected chi connectivity index (χ3v) is 2.18. The summed E-state index contributed by atoms with van der Waals surface area (Å²) in [6.07, 6.45) is 2.89. The quantitative estimate of drug-likeness (QED) is 0.600. The first-order chi connectivity index (χ1) is 6.69. The highest BCUT2D eigenvalue weighted by atomic mass is 79.9. The van der Waals surface area contributed by atoms with E-state index in [9.17, 15) is 9.59 Å². The zero-order valence-corrected chi connectivity index (χ0v) is 8.83. The van der Waals surface area contributed by atoms with E-state index in [1.807, 2.05) is 0 Å². The van der Waals surface area contributed by atoms with Crippen LogP contribution in [0.25, 0.3) is 0 Å². The van der Waals surface area contributed by atoms with Crippen LogP contribution in [0.4, 0.5) is 11.4 Å². The second kappa shape index (κ2) is 4.63. The van der Waals surface area contributed by atoms with Crippen molar-refractivity contribution >= 4 is 39.5 Å². The molecule has 0 N–H and O–H groups in total. The SMILES string of the molecule is Cc1cc(N=C=O)cc(Br)c1N=C=O. The van der Waals surface area contributed by atoms with Crippen LogP contribution in [0.1, 0.15) is 5.56 Å². The van der Waals surface area contributed by atoms with E-state index in [1.165, 1.54) is 12.2 Å². The van der Waals surface area contributed by atoms with Gasteiger partial charge >= 0.3 is 0 Å². The van der Waals surface area contributed by atoms with Gasteiger partial charge in [-0.2, -0.15) is 9.98 Å². The molecule has 1 aromatic rings. The summed E-state index contributed by atoms with van der Waals surface area (Å²) in [4.78, 5) is 27.1. The van der Waals surface area contributed by atoms with Gasteiger partial charge in [-0.1, -0.05) is 0 Å². The van der Waals surface area contributed by atoms with Crippen molar-refractivity contribution in [1.82, 2.24) is 0 Å². The van der Waals surface area contributed by atoms with E-state index in [1.54, 1.807) is 19.1 Å². The molecule has 0 saturated heterocycles. The van der Waals surface area contributed by atoms with Crippen molar-refractivity contribution in [2.24, 2.45) is 9.98 Å². The van der Waals surface area contributed by atoms with E-state index in [4.69, 9.17) is 0 Å². The molecule has 1 aromatic carbocycles. The average Bonchev–Trinajstić information content (AvgIpc) is 2.12. The summed E-state index contributed by atoms with van der Waals surface area (Å²) in [7, 11) is 0. The molecule has 0 heterocycles. The molecule has 0 amide bonds. The van der Waals surface area contributed by atoms with E-state index in [2.05, 4.69) is 25.9 Å². The molecule has 0 atom stereocenters. The van der Waals surface area contributed by atoms with Crippen molar-refractivity contribution in [2.45, 2.75) is 6.92 Å². The first-order valence-electron chi connectivity index (χ1n) is 3.65. The molecular formula is C9H5BrN2O2. The molecule has 1 rings (SSSR count). The maximum atomic E-state index is 10.1. The fraction of sp³-hybridized carbons (Fsp3) is 0.111. The standard InChI is InChI=1S/C9H5BrN2O2/c1-6-2-7(11-4-13)3-8(10)9(6)12-5-14/h2-3H,1H3. The molecule has 0 radical (unpaired) electrons. The van der Waals surface area contributed by atoms with Gasteiger partial charge in [0.05, 0.1) is 11.4 Å². The second-order valence-corrected chi connectivity index (χ2v) is 3.35. The van der Waals surface area contributed by atoms with E-state index in [-0.39, 0.29) is 0 Å². The molecule has 0 aliphatic rings. The molecule has 0 bridgehead atoms. The highest BCUT2D eigenvalue weighted by molar-refractivity contribution is 9.10. The van der Waals surface area contributed by atoms with Crippen molar-refractivity contribution in [3.63, 3.8) is 0 Å². The van der Waals surface area contributed by atoms with Crippen LogP contribution in [0.5, 0.6) is 0 Å². The van der Waals surface area contributed by atoms with E-state index in [0.29, 0.717) is 15.8 Å². The van der Waals surface area contributed by atoms with Gasteiger partial charge in [0.1, 0.15) is 0 Å². The Hall–Kier alpha value is -1.54. The van der Waals surface area contributed by atoms with Crippen molar-refractivity contribution in [3.05, 3.63) is 22.2 Å². The largest absolute Gasteiger partial charge is 0.240 e. The van der Waals surface area contributed by atoms with Gasteiger partial charge in [0.2, 0.25) is 12.2 Å². The smallest absolute Gasteiger partial charge is 0.211 e. The highest BCUT2D eigenvalue weighted by Gasteiger charge is 2.04. The molecule has 14 heavy (non-hydrogen) atoms. The highest BCUT2D eigenvalue weighted by Crippen LogP contribution is 2.32. The molecule has 0 aliphatic heterocycles. The lowest BCUT2D eigenvalue weighted by molar-refractivity contribution is 0.564. The normalized spacial score (nSPS) is 8.71. The lowest BCUT2D eigenvalue weighted by Gasteiger charge is -2.01. The minimum atomic E-state index is 0.467. The van der Waals surface area contributed by atoms with Crippen LogP contribution in [0.2, 0.25) is 0 Å². The van der Waals surface area contributed by atoms with Crippen LogP contribution < -0.4 is 0 Å². The Morgan fingerprint density at radius 1 is 1.21 bits per heavy atom. The fourth-order valence-electron chi connectivity index (χ4n) is 1.02. The van der Waals surface area contributed by atoms with Crippen LogP contribution in [0.3, 0.4) is 0 Å². The molecule has 0 aliphatic carbocycles. The summed E-state index contributed by atoms with van der Waals surface area (Å²) >= 11 is 3.21. The number of aliphatic imine (C=N–C) groups is 2. The number of carbonyl (C=O) groups excluding carboxylic acids is 2. The molecule has 4 nitrogen and oxygen atoms in total. The zero-order valence-electron chi connectivity index (χ0n) is 7.24. The molecule has 5 heteroatoms. The zero-order chi connectivity index (χ0) is 10.6. The van der Waals surface area contributed by atoms with Gasteiger partial charge in [0, 0.05) is 4.47 Å². The molecule has 0 saturated carbocycles. The summed E-state index contributed by atoms with van der Waals surface area (Å²) < 4.78 is 0.592. The first kappa shape index (κ1) is 10.5. The lowest BCUT2D eigenvalue weighted by Crippen LogP contribution is -1.77. The van der Waals surface area contributed by atoms with Crippen LogP contribution in [0.15, 0.2) is 26.6 Å². The van der Waals surface area contributed by atoms with Gasteiger partial charge in [0.15, 0.2) is 0 Å². The van der Waals surface area contributed by atoms with Gasteiger partial charge in [-0.25, -0.2) is 9.59 Å². The third-order valence-electron chi connectivity index (χ3n) is 1.57. The van der Waals surface area contributed by atoms with Crippen molar-refractivity contribution < 1.29 is 9.59 Å². The Labute approximate surface area is 88.5 Å². The van der Waals surface area contributed by atoms with E-state index < -0.39 is 0 Å². The topological polar surface area (TPSA) is 58.9 Å². The summed E-state index contributed by atoms with van der Waals surface area (Å²) in [6.45, 7) is 1.75. The van der Waals surface area contributed by atoms with Gasteiger partial charge in [-0.05, 0) is 40.5 Å². The summed E-state index contributed by atoms with van der Waals surface area (Å²) in [6, 6.07) is 3.21. The number of halogens is 1. The number of nitrogens with zero attached hydrogens (tertiary/aromatic N) is 2. The molecule has 0 unspecified atom stereocenters. The maximum absolute atomic E-state index is 10.1. The van der Waals surface area contributed by atoms with E-state index >= 15 is 0 Å². The Morgan fingerprint density at radius 2 is 1.86 bits per heavy atom. The first-order valence-corrected chi connectivity index (χ1v) is 4.44. The van der Waals surface area contributed by atoms with Gasteiger partial charge < -0.3 is 0 Å². The Morgan fingerprint density at radius 3 is 2.36 bits per heavy atom. The Balaban J connectivity index is 3.38. The Kier molecular flexibility index (Phi) is 3.48. The molecule has 0 aromatic heterocycles. The number of hydrogen-bond donors (Lipinski definition) is 0. The van der Waals surface area contributed by atoms with Gasteiger partial charge in [0.25, 0.3) is 0 Å². The predicted molar refractivity (Wildman–Crippen MR) is 54.4 cm³/mol. The number of aryl methyl sites for hydroxylation is 1. The van der Waals surface area contributed by atoms with Gasteiger partial charge in [-0.15, -0.1) is 0 Å². The Bertz CT molecular complexity index is 435. The third kappa shape index (κ3) is 2.24. The predicted octanol–water partition coefficient (Wildman–Crippen LogP) is 2.69. The summed E-state index contributed by atoms with van der Waals surface area (Å²) in [5.74, 6) is 0. The number of rotatable bonds is 2.